The Morgan fingerprint density at radius 1 is 0.914 bits per heavy atom. The highest BCUT2D eigenvalue weighted by atomic mass is 16.6. The van der Waals surface area contributed by atoms with Crippen molar-refractivity contribution >= 4 is 11.8 Å². The van der Waals surface area contributed by atoms with Crippen LogP contribution in [0, 0.1) is 0 Å². The Morgan fingerprint density at radius 2 is 1.66 bits per heavy atom. The molecule has 0 aromatic heterocycles. The standard InChI is InChI=1S/C28H34N2O5/c31-27(29-21-12-5-2-6-13-21)26(20-10-3-1-4-11-20)30(18-22-14-9-17-33-22)28(32)25-19-34-23-15-7-8-16-24(23)35-25/h1,3-4,7-8,10-11,15-16,21-22,25-26H,2,5-6,9,12-14,17-19H2,(H,29,31)/t22-,25-,26-/m0/s1. The average molecular weight is 479 g/mol. The van der Waals surface area contributed by atoms with Crippen LogP contribution in [-0.2, 0) is 14.3 Å². The van der Waals surface area contributed by atoms with Gasteiger partial charge in [0.05, 0.1) is 6.10 Å². The molecule has 186 valence electrons. The van der Waals surface area contributed by atoms with Crippen LogP contribution in [-0.4, -0.2) is 54.7 Å². The van der Waals surface area contributed by atoms with Gasteiger partial charge in [-0.05, 0) is 43.4 Å². The van der Waals surface area contributed by atoms with Gasteiger partial charge in [0.2, 0.25) is 12.0 Å². The maximum Gasteiger partial charge on any atom is 0.268 e. The Hall–Kier alpha value is -3.06. The van der Waals surface area contributed by atoms with Gasteiger partial charge in [0.25, 0.3) is 5.91 Å². The third-order valence-electron chi connectivity index (χ3n) is 7.12. The van der Waals surface area contributed by atoms with Gasteiger partial charge in [-0.1, -0.05) is 61.7 Å². The Balaban J connectivity index is 1.44. The molecular formula is C28H34N2O5. The number of carbonyl (C=O) groups is 2. The van der Waals surface area contributed by atoms with Crippen molar-refractivity contribution in [2.45, 2.75) is 69.2 Å². The van der Waals surface area contributed by atoms with Crippen molar-refractivity contribution in [3.63, 3.8) is 0 Å². The predicted molar refractivity (Wildman–Crippen MR) is 131 cm³/mol. The second-order valence-corrected chi connectivity index (χ2v) is 9.65. The van der Waals surface area contributed by atoms with Crippen molar-refractivity contribution in [2.24, 2.45) is 0 Å². The molecule has 7 nitrogen and oxygen atoms in total. The smallest absolute Gasteiger partial charge is 0.268 e. The van der Waals surface area contributed by atoms with Gasteiger partial charge in [0.1, 0.15) is 12.6 Å². The van der Waals surface area contributed by atoms with E-state index < -0.39 is 12.1 Å². The van der Waals surface area contributed by atoms with Crippen LogP contribution in [0.2, 0.25) is 0 Å². The number of fused-ring (bicyclic) bond motifs is 1. The molecule has 3 atom stereocenters. The summed E-state index contributed by atoms with van der Waals surface area (Å²) in [5.74, 6) is 0.753. The number of nitrogens with one attached hydrogen (secondary N) is 1. The minimum atomic E-state index is -0.833. The predicted octanol–water partition coefficient (Wildman–Crippen LogP) is 4.02. The number of hydrogen-bond donors (Lipinski definition) is 1. The van der Waals surface area contributed by atoms with E-state index in [9.17, 15) is 9.59 Å². The number of carbonyl (C=O) groups excluding carboxylic acids is 2. The summed E-state index contributed by atoms with van der Waals surface area (Å²) in [5.41, 5.74) is 0.782. The molecule has 2 aromatic rings. The van der Waals surface area contributed by atoms with Crippen molar-refractivity contribution in [3.8, 4) is 11.5 Å². The van der Waals surface area contributed by atoms with E-state index in [1.165, 1.54) is 6.42 Å². The Morgan fingerprint density at radius 3 is 2.40 bits per heavy atom. The van der Waals surface area contributed by atoms with Crippen molar-refractivity contribution in [1.82, 2.24) is 10.2 Å². The lowest BCUT2D eigenvalue weighted by Crippen LogP contribution is -2.54. The first-order valence-electron chi connectivity index (χ1n) is 12.8. The van der Waals surface area contributed by atoms with Gasteiger partial charge >= 0.3 is 0 Å². The monoisotopic (exact) mass is 478 g/mol. The second kappa shape index (κ2) is 11.1. The van der Waals surface area contributed by atoms with Crippen LogP contribution in [0.5, 0.6) is 11.5 Å². The lowest BCUT2D eigenvalue weighted by molar-refractivity contribution is -0.150. The van der Waals surface area contributed by atoms with E-state index >= 15 is 0 Å². The van der Waals surface area contributed by atoms with Gasteiger partial charge in [-0.2, -0.15) is 0 Å². The van der Waals surface area contributed by atoms with E-state index in [2.05, 4.69) is 5.32 Å². The van der Waals surface area contributed by atoms with Crippen LogP contribution in [0.1, 0.15) is 56.6 Å². The molecule has 2 aliphatic heterocycles. The van der Waals surface area contributed by atoms with E-state index in [1.807, 2.05) is 48.5 Å². The molecule has 5 rings (SSSR count). The third-order valence-corrected chi connectivity index (χ3v) is 7.12. The Bertz CT molecular complexity index is 1000. The van der Waals surface area contributed by atoms with Crippen molar-refractivity contribution < 1.29 is 23.8 Å². The molecule has 0 radical (unpaired) electrons. The van der Waals surface area contributed by atoms with E-state index in [4.69, 9.17) is 14.2 Å². The fraction of sp³-hybridized carbons (Fsp3) is 0.500. The molecule has 0 bridgehead atoms. The summed E-state index contributed by atoms with van der Waals surface area (Å²) in [6, 6.07) is 16.3. The molecule has 2 fully saturated rings. The van der Waals surface area contributed by atoms with Crippen molar-refractivity contribution in [3.05, 3.63) is 60.2 Å². The number of benzene rings is 2. The minimum absolute atomic E-state index is 0.101. The topological polar surface area (TPSA) is 77.1 Å². The maximum absolute atomic E-state index is 14.0. The van der Waals surface area contributed by atoms with E-state index in [0.717, 1.165) is 44.1 Å². The van der Waals surface area contributed by atoms with Crippen LogP contribution < -0.4 is 14.8 Å². The highest BCUT2D eigenvalue weighted by Crippen LogP contribution is 2.33. The van der Waals surface area contributed by atoms with Gasteiger partial charge < -0.3 is 24.4 Å². The summed E-state index contributed by atoms with van der Waals surface area (Å²) in [6.07, 6.45) is 6.27. The summed E-state index contributed by atoms with van der Waals surface area (Å²) in [5, 5.41) is 3.25. The molecule has 1 saturated heterocycles. The van der Waals surface area contributed by atoms with Gasteiger partial charge in [0.15, 0.2) is 11.5 Å². The molecule has 35 heavy (non-hydrogen) atoms. The first kappa shape index (κ1) is 23.7. The van der Waals surface area contributed by atoms with Gasteiger partial charge in [-0.3, -0.25) is 9.59 Å². The maximum atomic E-state index is 14.0. The number of hydrogen-bond acceptors (Lipinski definition) is 5. The SMILES string of the molecule is O=C(NC1CCCCC1)[C@H](c1ccccc1)N(C[C@@H]1CCCO1)C(=O)[C@@H]1COc2ccccc2O1. The first-order valence-corrected chi connectivity index (χ1v) is 12.8. The number of para-hydroxylation sites is 2. The molecular weight excluding hydrogens is 444 g/mol. The molecule has 7 heteroatoms. The number of amides is 2. The van der Waals surface area contributed by atoms with E-state index in [-0.39, 0.29) is 30.6 Å². The van der Waals surface area contributed by atoms with Crippen LogP contribution in [0.4, 0.5) is 0 Å². The lowest BCUT2D eigenvalue weighted by atomic mass is 9.94. The molecule has 1 N–H and O–H groups in total. The zero-order valence-electron chi connectivity index (χ0n) is 20.1. The van der Waals surface area contributed by atoms with Crippen molar-refractivity contribution in [1.29, 1.82) is 0 Å². The quantitative estimate of drug-likeness (QED) is 0.650. The molecule has 0 spiro atoms. The van der Waals surface area contributed by atoms with Gasteiger partial charge in [0, 0.05) is 19.2 Å². The molecule has 0 unspecified atom stereocenters. The Kier molecular flexibility index (Phi) is 7.52. The molecule has 2 aromatic carbocycles. The fourth-order valence-electron chi connectivity index (χ4n) is 5.29. The summed E-state index contributed by atoms with van der Waals surface area (Å²) >= 11 is 0. The first-order chi connectivity index (χ1) is 17.2. The number of nitrogens with zero attached hydrogens (tertiary/aromatic N) is 1. The van der Waals surface area contributed by atoms with E-state index in [0.29, 0.717) is 24.7 Å². The zero-order valence-corrected chi connectivity index (χ0v) is 20.1. The molecule has 1 aliphatic carbocycles. The Labute approximate surface area is 206 Å². The van der Waals surface area contributed by atoms with Crippen LogP contribution >= 0.6 is 0 Å². The van der Waals surface area contributed by atoms with Crippen LogP contribution in [0.3, 0.4) is 0 Å². The fourth-order valence-corrected chi connectivity index (χ4v) is 5.29. The number of rotatable bonds is 7. The van der Waals surface area contributed by atoms with Crippen molar-refractivity contribution in [2.75, 3.05) is 19.8 Å². The summed E-state index contributed by atoms with van der Waals surface area (Å²) in [6.45, 7) is 1.11. The molecule has 3 aliphatic rings. The summed E-state index contributed by atoms with van der Waals surface area (Å²) in [4.78, 5) is 29.4. The van der Waals surface area contributed by atoms with Crippen LogP contribution in [0.15, 0.2) is 54.6 Å². The second-order valence-electron chi connectivity index (χ2n) is 9.65. The largest absolute Gasteiger partial charge is 0.485 e. The number of ether oxygens (including phenoxy) is 3. The summed E-state index contributed by atoms with van der Waals surface area (Å²) in [7, 11) is 0. The lowest BCUT2D eigenvalue weighted by Gasteiger charge is -2.37. The van der Waals surface area contributed by atoms with Gasteiger partial charge in [-0.15, -0.1) is 0 Å². The highest BCUT2D eigenvalue weighted by molar-refractivity contribution is 5.91. The molecule has 2 heterocycles. The normalized spacial score (nSPS) is 22.9. The van der Waals surface area contributed by atoms with E-state index in [1.54, 1.807) is 11.0 Å². The van der Waals surface area contributed by atoms with Crippen LogP contribution in [0.25, 0.3) is 0 Å². The average Bonchev–Trinajstić information content (AvgIpc) is 3.42. The molecule has 1 saturated carbocycles. The minimum Gasteiger partial charge on any atom is -0.485 e. The summed E-state index contributed by atoms with van der Waals surface area (Å²) < 4.78 is 17.8. The zero-order chi connectivity index (χ0) is 24.0. The van der Waals surface area contributed by atoms with Gasteiger partial charge in [-0.25, -0.2) is 0 Å². The highest BCUT2D eigenvalue weighted by Gasteiger charge is 2.40. The molecule has 2 amide bonds. The third kappa shape index (κ3) is 5.61.